The van der Waals surface area contributed by atoms with Crippen molar-refractivity contribution < 1.29 is 14.9 Å². The summed E-state index contributed by atoms with van der Waals surface area (Å²) < 4.78 is 6.43. The minimum absolute atomic E-state index is 0.0941. The summed E-state index contributed by atoms with van der Waals surface area (Å²) in [5, 5.41) is 22.1. The largest absolute Gasteiger partial charge is 0.508 e. The molecule has 2 fully saturated rings. The van der Waals surface area contributed by atoms with Crippen LogP contribution in [0.25, 0.3) is 10.8 Å². The normalized spacial score (nSPS) is 34.8. The highest BCUT2D eigenvalue weighted by molar-refractivity contribution is 5.89. The number of ether oxygens (including phenoxy) is 1. The number of aromatic hydroxyl groups is 1. The molecule has 3 nitrogen and oxygen atoms in total. The molecule has 2 aromatic rings. The first kappa shape index (κ1) is 14.6. The van der Waals surface area contributed by atoms with Gasteiger partial charge in [0.2, 0.25) is 0 Å². The van der Waals surface area contributed by atoms with Crippen molar-refractivity contribution in [1.82, 2.24) is 0 Å². The Hall–Kier alpha value is -1.74. The monoisotopic (exact) mass is 324 g/mol. The lowest BCUT2D eigenvalue weighted by Crippen LogP contribution is -2.47. The molecule has 0 amide bonds. The van der Waals surface area contributed by atoms with Crippen LogP contribution in [0, 0.1) is 17.8 Å². The van der Waals surface area contributed by atoms with Crippen LogP contribution in [0.1, 0.15) is 37.7 Å². The maximum atomic E-state index is 10.0. The smallest absolute Gasteiger partial charge is 0.123 e. The van der Waals surface area contributed by atoms with Gasteiger partial charge in [0.05, 0.1) is 6.10 Å². The predicted molar refractivity (Wildman–Crippen MR) is 93.3 cm³/mol. The van der Waals surface area contributed by atoms with Crippen LogP contribution in [0.5, 0.6) is 11.5 Å². The third kappa shape index (κ3) is 2.21. The van der Waals surface area contributed by atoms with Gasteiger partial charge in [0.25, 0.3) is 0 Å². The van der Waals surface area contributed by atoms with E-state index in [9.17, 15) is 10.2 Å². The van der Waals surface area contributed by atoms with Crippen molar-refractivity contribution >= 4 is 10.8 Å². The molecule has 2 saturated carbocycles. The van der Waals surface area contributed by atoms with Gasteiger partial charge in [-0.1, -0.05) is 12.1 Å². The highest BCUT2D eigenvalue weighted by Crippen LogP contribution is 2.50. The molecule has 24 heavy (non-hydrogen) atoms. The van der Waals surface area contributed by atoms with E-state index in [-0.39, 0.29) is 6.10 Å². The molecule has 0 bridgehead atoms. The number of aliphatic hydroxyl groups is 1. The highest BCUT2D eigenvalue weighted by Gasteiger charge is 2.45. The second kappa shape index (κ2) is 5.38. The van der Waals surface area contributed by atoms with Gasteiger partial charge in [-0.15, -0.1) is 0 Å². The van der Waals surface area contributed by atoms with Crippen LogP contribution in [-0.4, -0.2) is 22.4 Å². The summed E-state index contributed by atoms with van der Waals surface area (Å²) in [4.78, 5) is 0. The standard InChI is InChI=1S/C21H24O3/c22-14-3-5-16-12(9-14)1-7-20-18(16)11-19-17-6-4-15(23)10-13(17)2-8-21(19)24-20/h1,3,5,7,9,13,15,17,19,21-23H,2,4,6,8,10-11H2. The van der Waals surface area contributed by atoms with Crippen molar-refractivity contribution in [3.63, 3.8) is 0 Å². The zero-order valence-electron chi connectivity index (χ0n) is 13.8. The molecule has 0 saturated heterocycles. The number of benzene rings is 2. The van der Waals surface area contributed by atoms with Crippen molar-refractivity contribution in [3.8, 4) is 11.5 Å². The number of fused-ring (bicyclic) bond motifs is 6. The van der Waals surface area contributed by atoms with E-state index in [4.69, 9.17) is 4.74 Å². The summed E-state index contributed by atoms with van der Waals surface area (Å²) in [5.74, 6) is 3.27. The first-order valence-corrected chi connectivity index (χ1v) is 9.28. The summed E-state index contributed by atoms with van der Waals surface area (Å²) in [6.07, 6.45) is 6.68. The zero-order chi connectivity index (χ0) is 16.3. The van der Waals surface area contributed by atoms with Crippen LogP contribution in [0.2, 0.25) is 0 Å². The van der Waals surface area contributed by atoms with E-state index in [1.807, 2.05) is 12.1 Å². The molecular formula is C21H24O3. The molecule has 126 valence electrons. The van der Waals surface area contributed by atoms with Gasteiger partial charge in [-0.2, -0.15) is 0 Å². The fraction of sp³-hybridized carbons (Fsp3) is 0.524. The van der Waals surface area contributed by atoms with Crippen molar-refractivity contribution in [3.05, 3.63) is 35.9 Å². The maximum absolute atomic E-state index is 10.0. The van der Waals surface area contributed by atoms with E-state index in [2.05, 4.69) is 12.1 Å². The van der Waals surface area contributed by atoms with Crippen molar-refractivity contribution in [1.29, 1.82) is 0 Å². The fourth-order valence-electron chi connectivity index (χ4n) is 5.54. The Morgan fingerprint density at radius 1 is 0.958 bits per heavy atom. The minimum atomic E-state index is -0.0941. The van der Waals surface area contributed by atoms with Crippen LogP contribution in [0.15, 0.2) is 30.3 Å². The van der Waals surface area contributed by atoms with Gasteiger partial charge in [0.1, 0.15) is 17.6 Å². The molecule has 1 aliphatic heterocycles. The summed E-state index contributed by atoms with van der Waals surface area (Å²) >= 11 is 0. The Morgan fingerprint density at radius 2 is 1.88 bits per heavy atom. The lowest BCUT2D eigenvalue weighted by atomic mass is 9.61. The van der Waals surface area contributed by atoms with Gasteiger partial charge in [0, 0.05) is 11.5 Å². The number of phenols is 1. The highest BCUT2D eigenvalue weighted by atomic mass is 16.5. The van der Waals surface area contributed by atoms with Crippen LogP contribution in [0.4, 0.5) is 0 Å². The molecule has 2 N–H and O–H groups in total. The molecule has 0 radical (unpaired) electrons. The van der Waals surface area contributed by atoms with Crippen LogP contribution >= 0.6 is 0 Å². The SMILES string of the molecule is Oc1ccc2c3c(ccc2c1)OC1CCC2CC(O)CCC2C1C3. The Bertz CT molecular complexity index is 784. The van der Waals surface area contributed by atoms with Gasteiger partial charge in [0.15, 0.2) is 0 Å². The van der Waals surface area contributed by atoms with Gasteiger partial charge in [-0.3, -0.25) is 0 Å². The lowest BCUT2D eigenvalue weighted by molar-refractivity contribution is -0.0399. The number of hydrogen-bond donors (Lipinski definition) is 2. The van der Waals surface area contributed by atoms with E-state index in [1.165, 1.54) is 17.4 Å². The molecule has 0 spiro atoms. The summed E-state index contributed by atoms with van der Waals surface area (Å²) in [6, 6.07) is 9.76. The first-order valence-electron chi connectivity index (χ1n) is 9.28. The molecule has 5 atom stereocenters. The molecule has 5 rings (SSSR count). The fourth-order valence-corrected chi connectivity index (χ4v) is 5.54. The average molecular weight is 324 g/mol. The van der Waals surface area contributed by atoms with Crippen LogP contribution < -0.4 is 4.74 Å². The number of phenolic OH excluding ortho intramolecular Hbond substituents is 1. The van der Waals surface area contributed by atoms with E-state index < -0.39 is 0 Å². The number of rotatable bonds is 0. The van der Waals surface area contributed by atoms with Crippen LogP contribution in [0.3, 0.4) is 0 Å². The minimum Gasteiger partial charge on any atom is -0.508 e. The average Bonchev–Trinajstić information content (AvgIpc) is 2.59. The molecular weight excluding hydrogens is 300 g/mol. The van der Waals surface area contributed by atoms with E-state index in [0.717, 1.165) is 43.2 Å². The second-order valence-electron chi connectivity index (χ2n) is 7.94. The lowest BCUT2D eigenvalue weighted by Gasteiger charge is -2.48. The Balaban J connectivity index is 1.54. The Kier molecular flexibility index (Phi) is 3.27. The third-order valence-corrected chi connectivity index (χ3v) is 6.65. The maximum Gasteiger partial charge on any atom is 0.123 e. The second-order valence-corrected chi connectivity index (χ2v) is 7.94. The first-order chi connectivity index (χ1) is 11.7. The van der Waals surface area contributed by atoms with Gasteiger partial charge >= 0.3 is 0 Å². The number of aliphatic hydroxyl groups excluding tert-OH is 1. The molecule has 1 heterocycles. The molecule has 0 aromatic heterocycles. The van der Waals surface area contributed by atoms with Crippen molar-refractivity contribution in [2.45, 2.75) is 50.7 Å². The van der Waals surface area contributed by atoms with Gasteiger partial charge in [-0.25, -0.2) is 0 Å². The molecule has 3 aliphatic rings. The number of hydrogen-bond acceptors (Lipinski definition) is 3. The molecule has 2 aliphatic carbocycles. The van der Waals surface area contributed by atoms with Crippen molar-refractivity contribution in [2.75, 3.05) is 0 Å². The van der Waals surface area contributed by atoms with Gasteiger partial charge in [-0.05, 0) is 79.3 Å². The van der Waals surface area contributed by atoms with Crippen LogP contribution in [-0.2, 0) is 6.42 Å². The topological polar surface area (TPSA) is 49.7 Å². The third-order valence-electron chi connectivity index (χ3n) is 6.65. The summed E-state index contributed by atoms with van der Waals surface area (Å²) in [7, 11) is 0. The molecule has 3 heteroatoms. The summed E-state index contributed by atoms with van der Waals surface area (Å²) in [5.41, 5.74) is 1.31. The van der Waals surface area contributed by atoms with E-state index in [1.54, 1.807) is 6.07 Å². The van der Waals surface area contributed by atoms with E-state index in [0.29, 0.717) is 29.6 Å². The van der Waals surface area contributed by atoms with E-state index >= 15 is 0 Å². The molecule has 5 unspecified atom stereocenters. The quantitative estimate of drug-likeness (QED) is 0.769. The Morgan fingerprint density at radius 3 is 2.79 bits per heavy atom. The predicted octanol–water partition coefficient (Wildman–Crippen LogP) is 4.04. The zero-order valence-corrected chi connectivity index (χ0v) is 13.8. The Labute approximate surface area is 142 Å². The van der Waals surface area contributed by atoms with Gasteiger partial charge < -0.3 is 14.9 Å². The molecule has 2 aromatic carbocycles. The summed E-state index contributed by atoms with van der Waals surface area (Å²) in [6.45, 7) is 0. The van der Waals surface area contributed by atoms with Crippen molar-refractivity contribution in [2.24, 2.45) is 17.8 Å².